The summed E-state index contributed by atoms with van der Waals surface area (Å²) in [5.41, 5.74) is 3.04. The van der Waals surface area contributed by atoms with E-state index in [2.05, 4.69) is 65.9 Å². The van der Waals surface area contributed by atoms with Crippen molar-refractivity contribution in [2.45, 2.75) is 12.6 Å². The molecule has 8 heteroatoms. The number of hydrogen-bond acceptors (Lipinski definition) is 6. The normalized spacial score (nSPS) is 17.0. The molecular formula is C25H27IN6O. The van der Waals surface area contributed by atoms with Gasteiger partial charge in [-0.1, -0.05) is 18.2 Å². The van der Waals surface area contributed by atoms with Crippen LogP contribution >= 0.6 is 22.6 Å². The number of benzene rings is 2. The Morgan fingerprint density at radius 3 is 2.33 bits per heavy atom. The van der Waals surface area contributed by atoms with Crippen molar-refractivity contribution in [2.75, 3.05) is 49.5 Å². The maximum atomic E-state index is 12.9. The van der Waals surface area contributed by atoms with E-state index >= 15 is 0 Å². The molecule has 1 N–H and O–H groups in total. The summed E-state index contributed by atoms with van der Waals surface area (Å²) in [6.07, 6.45) is 3.58. The smallest absolute Gasteiger partial charge is 0.253 e. The first-order chi connectivity index (χ1) is 16.2. The maximum absolute atomic E-state index is 12.9. The molecule has 5 rings (SSSR count). The van der Waals surface area contributed by atoms with Gasteiger partial charge in [0.2, 0.25) is 5.95 Å². The third-order valence-electron chi connectivity index (χ3n) is 6.39. The monoisotopic (exact) mass is 554 g/mol. The number of aromatic nitrogens is 2. The van der Waals surface area contributed by atoms with Crippen LogP contribution in [0, 0.1) is 3.57 Å². The molecule has 0 saturated carbocycles. The number of likely N-dealkylation sites (tertiary alicyclic amines) is 1. The van der Waals surface area contributed by atoms with Crippen LogP contribution in [0.5, 0.6) is 0 Å². The van der Waals surface area contributed by atoms with E-state index in [1.54, 1.807) is 12.4 Å². The van der Waals surface area contributed by atoms with Crippen molar-refractivity contribution in [2.24, 2.45) is 0 Å². The van der Waals surface area contributed by atoms with Crippen LogP contribution in [0.2, 0.25) is 0 Å². The van der Waals surface area contributed by atoms with Gasteiger partial charge in [-0.15, -0.1) is 0 Å². The second kappa shape index (κ2) is 10.0. The maximum Gasteiger partial charge on any atom is 0.253 e. The number of amides is 1. The molecule has 33 heavy (non-hydrogen) atoms. The van der Waals surface area contributed by atoms with E-state index in [1.807, 2.05) is 41.3 Å². The Bertz CT molecular complexity index is 1080. The van der Waals surface area contributed by atoms with Gasteiger partial charge in [0.25, 0.3) is 5.91 Å². The molecule has 1 amide bonds. The van der Waals surface area contributed by atoms with Crippen molar-refractivity contribution in [3.05, 3.63) is 81.7 Å². The lowest BCUT2D eigenvalue weighted by molar-refractivity contribution is 0.0246. The van der Waals surface area contributed by atoms with Gasteiger partial charge in [-0.25, -0.2) is 9.97 Å². The number of piperazine rings is 1. The number of halogens is 1. The molecule has 0 unspecified atom stereocenters. The predicted molar refractivity (Wildman–Crippen MR) is 138 cm³/mol. The number of carbonyl (C=O) groups excluding carboxylic acids is 1. The summed E-state index contributed by atoms with van der Waals surface area (Å²) in [6, 6.07) is 18.5. The molecule has 7 nitrogen and oxygen atoms in total. The van der Waals surface area contributed by atoms with Gasteiger partial charge < -0.3 is 15.1 Å². The van der Waals surface area contributed by atoms with E-state index in [1.165, 1.54) is 9.13 Å². The first-order valence-corrected chi connectivity index (χ1v) is 12.4. The van der Waals surface area contributed by atoms with Crippen LogP contribution in [-0.2, 0) is 6.54 Å². The Kier molecular flexibility index (Phi) is 6.73. The van der Waals surface area contributed by atoms with Gasteiger partial charge in [0, 0.05) is 79.1 Å². The van der Waals surface area contributed by atoms with Gasteiger partial charge in [-0.05, 0) is 64.6 Å². The first kappa shape index (κ1) is 22.1. The topological polar surface area (TPSA) is 64.6 Å². The van der Waals surface area contributed by atoms with Crippen LogP contribution in [0.4, 0.5) is 11.6 Å². The summed E-state index contributed by atoms with van der Waals surface area (Å²) >= 11 is 2.35. The summed E-state index contributed by atoms with van der Waals surface area (Å²) in [6.45, 7) is 6.16. The zero-order valence-corrected chi connectivity index (χ0v) is 20.6. The molecule has 0 atom stereocenters. The molecular weight excluding hydrogens is 527 g/mol. The van der Waals surface area contributed by atoms with Crippen molar-refractivity contribution in [3.63, 3.8) is 0 Å². The number of hydrogen-bond donors (Lipinski definition) is 1. The quantitative estimate of drug-likeness (QED) is 0.472. The van der Waals surface area contributed by atoms with E-state index in [4.69, 9.17) is 0 Å². The van der Waals surface area contributed by atoms with Crippen LogP contribution in [0.25, 0.3) is 0 Å². The minimum atomic E-state index is 0.117. The molecule has 1 aromatic heterocycles. The van der Waals surface area contributed by atoms with E-state index in [9.17, 15) is 4.79 Å². The number of rotatable bonds is 6. The van der Waals surface area contributed by atoms with E-state index in [-0.39, 0.29) is 5.91 Å². The fourth-order valence-electron chi connectivity index (χ4n) is 4.35. The second-order valence-corrected chi connectivity index (χ2v) is 9.62. The minimum absolute atomic E-state index is 0.117. The fraction of sp³-hybridized carbons (Fsp3) is 0.320. The SMILES string of the molecule is O=C(c1ccc(NCc2ccccc2I)cc1)N1CC(N2CCN(c3ncccn3)CC2)C1. The van der Waals surface area contributed by atoms with E-state index < -0.39 is 0 Å². The van der Waals surface area contributed by atoms with Crippen molar-refractivity contribution in [1.29, 1.82) is 0 Å². The number of nitrogens with one attached hydrogen (secondary N) is 1. The molecule has 0 spiro atoms. The van der Waals surface area contributed by atoms with Crippen LogP contribution in [-0.4, -0.2) is 71.0 Å². The van der Waals surface area contributed by atoms with Crippen molar-refractivity contribution >= 4 is 40.1 Å². The van der Waals surface area contributed by atoms with Crippen molar-refractivity contribution < 1.29 is 4.79 Å². The Balaban J connectivity index is 1.08. The van der Waals surface area contributed by atoms with Gasteiger partial charge in [0.1, 0.15) is 0 Å². The van der Waals surface area contributed by atoms with Crippen LogP contribution < -0.4 is 10.2 Å². The average Bonchev–Trinajstić information content (AvgIpc) is 2.84. The Morgan fingerprint density at radius 1 is 0.939 bits per heavy atom. The zero-order valence-electron chi connectivity index (χ0n) is 18.4. The lowest BCUT2D eigenvalue weighted by atomic mass is 10.0. The van der Waals surface area contributed by atoms with Crippen LogP contribution in [0.15, 0.2) is 67.0 Å². The summed E-state index contributed by atoms with van der Waals surface area (Å²) < 4.78 is 1.25. The molecule has 0 radical (unpaired) electrons. The third kappa shape index (κ3) is 5.11. The highest BCUT2D eigenvalue weighted by molar-refractivity contribution is 14.1. The largest absolute Gasteiger partial charge is 0.381 e. The molecule has 0 bridgehead atoms. The zero-order chi connectivity index (χ0) is 22.6. The number of nitrogens with zero attached hydrogens (tertiary/aromatic N) is 5. The Hall–Kier alpha value is -2.72. The summed E-state index contributed by atoms with van der Waals surface area (Å²) in [4.78, 5) is 28.3. The highest BCUT2D eigenvalue weighted by Gasteiger charge is 2.36. The highest BCUT2D eigenvalue weighted by atomic mass is 127. The number of carbonyl (C=O) groups is 1. The molecule has 3 aromatic rings. The second-order valence-electron chi connectivity index (χ2n) is 8.46. The van der Waals surface area contributed by atoms with Crippen molar-refractivity contribution in [1.82, 2.24) is 19.8 Å². The Labute approximate surface area is 208 Å². The van der Waals surface area contributed by atoms with Gasteiger partial charge in [0.15, 0.2) is 0 Å². The van der Waals surface area contributed by atoms with Gasteiger partial charge in [0.05, 0.1) is 0 Å². The Morgan fingerprint density at radius 2 is 1.64 bits per heavy atom. The summed E-state index contributed by atoms with van der Waals surface area (Å²) in [5.74, 6) is 0.922. The first-order valence-electron chi connectivity index (χ1n) is 11.3. The molecule has 2 aromatic carbocycles. The standard InChI is InChI=1S/C25H27IN6O/c26-23-5-2-1-4-20(23)16-29-21-8-6-19(7-9-21)24(33)32-17-22(18-32)30-12-14-31(15-13-30)25-27-10-3-11-28-25/h1-11,22,29H,12-18H2. The molecule has 3 heterocycles. The molecule has 2 aliphatic rings. The third-order valence-corrected chi connectivity index (χ3v) is 7.44. The minimum Gasteiger partial charge on any atom is -0.381 e. The summed E-state index contributed by atoms with van der Waals surface area (Å²) in [7, 11) is 0. The van der Waals surface area contributed by atoms with Gasteiger partial charge in [-0.2, -0.15) is 0 Å². The lowest BCUT2D eigenvalue weighted by Crippen LogP contribution is -2.64. The number of anilines is 2. The summed E-state index contributed by atoms with van der Waals surface area (Å²) in [5, 5.41) is 3.44. The predicted octanol–water partition coefficient (Wildman–Crippen LogP) is 3.34. The molecule has 2 saturated heterocycles. The van der Waals surface area contributed by atoms with E-state index in [0.29, 0.717) is 6.04 Å². The van der Waals surface area contributed by atoms with Crippen LogP contribution in [0.3, 0.4) is 0 Å². The van der Waals surface area contributed by atoms with Crippen molar-refractivity contribution in [3.8, 4) is 0 Å². The van der Waals surface area contributed by atoms with Gasteiger partial charge in [-0.3, -0.25) is 9.69 Å². The fourth-order valence-corrected chi connectivity index (χ4v) is 4.92. The van der Waals surface area contributed by atoms with E-state index in [0.717, 1.165) is 63.0 Å². The highest BCUT2D eigenvalue weighted by Crippen LogP contribution is 2.22. The molecule has 170 valence electrons. The molecule has 0 aliphatic carbocycles. The van der Waals surface area contributed by atoms with Gasteiger partial charge >= 0.3 is 0 Å². The van der Waals surface area contributed by atoms with Crippen LogP contribution in [0.1, 0.15) is 15.9 Å². The molecule has 2 fully saturated rings. The average molecular weight is 554 g/mol. The molecule has 2 aliphatic heterocycles. The lowest BCUT2D eigenvalue weighted by Gasteiger charge is -2.48.